The molecule has 0 saturated heterocycles. The van der Waals surface area contributed by atoms with Crippen LogP contribution in [0.15, 0.2) is 65.6 Å². The number of sulfonamides is 1. The second-order valence-corrected chi connectivity index (χ2v) is 9.26. The highest BCUT2D eigenvalue weighted by Gasteiger charge is 2.21. The van der Waals surface area contributed by atoms with Crippen LogP contribution >= 0.6 is 0 Å². The molecule has 4 rings (SSSR count). The highest BCUT2D eigenvalue weighted by atomic mass is 32.2. The van der Waals surface area contributed by atoms with E-state index >= 15 is 0 Å². The predicted octanol–water partition coefficient (Wildman–Crippen LogP) is 5.11. The summed E-state index contributed by atoms with van der Waals surface area (Å²) >= 11 is 0. The molecule has 1 aromatic heterocycles. The van der Waals surface area contributed by atoms with Crippen LogP contribution in [0.4, 0.5) is 17.3 Å². The van der Waals surface area contributed by atoms with E-state index in [-0.39, 0.29) is 16.5 Å². The Labute approximate surface area is 187 Å². The molecule has 0 amide bonds. The summed E-state index contributed by atoms with van der Waals surface area (Å²) in [5.74, 6) is 0.989. The molecular formula is C24H24N4O3S. The fourth-order valence-electron chi connectivity index (χ4n) is 3.38. The van der Waals surface area contributed by atoms with Gasteiger partial charge in [-0.05, 0) is 67.8 Å². The lowest BCUT2D eigenvalue weighted by Gasteiger charge is -2.16. The van der Waals surface area contributed by atoms with E-state index in [2.05, 4.69) is 20.0 Å². The first-order valence-corrected chi connectivity index (χ1v) is 11.5. The Morgan fingerprint density at radius 1 is 0.812 bits per heavy atom. The van der Waals surface area contributed by atoms with Crippen molar-refractivity contribution in [1.29, 1.82) is 0 Å². The van der Waals surface area contributed by atoms with Crippen LogP contribution in [0.3, 0.4) is 0 Å². The quantitative estimate of drug-likeness (QED) is 0.426. The fraction of sp³-hybridized carbons (Fsp3) is 0.167. The van der Waals surface area contributed by atoms with Crippen molar-refractivity contribution in [3.05, 3.63) is 77.4 Å². The Morgan fingerprint density at radius 3 is 2.12 bits per heavy atom. The molecule has 0 unspecified atom stereocenters. The van der Waals surface area contributed by atoms with E-state index in [4.69, 9.17) is 4.74 Å². The maximum absolute atomic E-state index is 13.3. The third kappa shape index (κ3) is 4.36. The van der Waals surface area contributed by atoms with Crippen molar-refractivity contribution >= 4 is 38.4 Å². The number of nitrogens with zero attached hydrogens (tertiary/aromatic N) is 2. The second-order valence-electron chi connectivity index (χ2n) is 7.61. The topological polar surface area (TPSA) is 93.2 Å². The molecule has 1 heterocycles. The van der Waals surface area contributed by atoms with Crippen molar-refractivity contribution < 1.29 is 13.2 Å². The van der Waals surface area contributed by atoms with E-state index in [9.17, 15) is 8.42 Å². The zero-order valence-corrected chi connectivity index (χ0v) is 19.1. The zero-order valence-electron chi connectivity index (χ0n) is 18.3. The van der Waals surface area contributed by atoms with Gasteiger partial charge in [0, 0.05) is 0 Å². The van der Waals surface area contributed by atoms with Crippen LogP contribution in [0.2, 0.25) is 0 Å². The van der Waals surface area contributed by atoms with E-state index in [1.54, 1.807) is 32.2 Å². The molecule has 4 aromatic rings. The Balaban J connectivity index is 1.83. The summed E-state index contributed by atoms with van der Waals surface area (Å²) in [6, 6.07) is 18.3. The van der Waals surface area contributed by atoms with Crippen LogP contribution < -0.4 is 14.8 Å². The lowest BCUT2D eigenvalue weighted by molar-refractivity contribution is 0.416. The summed E-state index contributed by atoms with van der Waals surface area (Å²) in [4.78, 5) is 9.39. The monoisotopic (exact) mass is 448 g/mol. The molecule has 164 valence electrons. The maximum Gasteiger partial charge on any atom is 0.263 e. The van der Waals surface area contributed by atoms with Gasteiger partial charge in [-0.2, -0.15) is 0 Å². The number of rotatable bonds is 6. The average Bonchev–Trinajstić information content (AvgIpc) is 2.75. The van der Waals surface area contributed by atoms with Gasteiger partial charge in [0.1, 0.15) is 5.75 Å². The minimum Gasteiger partial charge on any atom is -0.495 e. The minimum absolute atomic E-state index is 0.105. The molecule has 0 radical (unpaired) electrons. The SMILES string of the molecule is COc1ccc(C)cc1Nc1nc2ccccc2nc1NS(=O)(=O)c1cc(C)ccc1C. The molecule has 7 nitrogen and oxygen atoms in total. The Kier molecular flexibility index (Phi) is 5.71. The van der Waals surface area contributed by atoms with E-state index in [1.807, 2.05) is 56.3 Å². The van der Waals surface area contributed by atoms with Gasteiger partial charge in [-0.3, -0.25) is 4.72 Å². The number of benzene rings is 3. The van der Waals surface area contributed by atoms with Gasteiger partial charge in [0.25, 0.3) is 10.0 Å². The molecule has 0 aliphatic heterocycles. The molecule has 3 aromatic carbocycles. The van der Waals surface area contributed by atoms with Gasteiger partial charge >= 0.3 is 0 Å². The molecule has 0 fully saturated rings. The van der Waals surface area contributed by atoms with Gasteiger partial charge in [0.2, 0.25) is 0 Å². The van der Waals surface area contributed by atoms with Crippen LogP contribution in [-0.2, 0) is 10.0 Å². The van der Waals surface area contributed by atoms with E-state index < -0.39 is 10.0 Å². The molecule has 0 aliphatic carbocycles. The van der Waals surface area contributed by atoms with Crippen LogP contribution in [0, 0.1) is 20.8 Å². The first kappa shape index (κ1) is 21.6. The van der Waals surface area contributed by atoms with Crippen LogP contribution in [0.25, 0.3) is 11.0 Å². The number of para-hydroxylation sites is 2. The first-order chi connectivity index (χ1) is 15.3. The van der Waals surface area contributed by atoms with E-state index in [0.717, 1.165) is 11.1 Å². The van der Waals surface area contributed by atoms with Crippen molar-refractivity contribution in [3.8, 4) is 5.75 Å². The first-order valence-electron chi connectivity index (χ1n) is 10.1. The van der Waals surface area contributed by atoms with Crippen LogP contribution in [-0.4, -0.2) is 25.5 Å². The van der Waals surface area contributed by atoms with Gasteiger partial charge in [-0.15, -0.1) is 0 Å². The number of nitrogens with one attached hydrogen (secondary N) is 2. The van der Waals surface area contributed by atoms with Gasteiger partial charge in [-0.25, -0.2) is 18.4 Å². The average molecular weight is 449 g/mol. The molecule has 0 saturated carbocycles. The van der Waals surface area contributed by atoms with E-state index in [1.165, 1.54) is 0 Å². The van der Waals surface area contributed by atoms with E-state index in [0.29, 0.717) is 28.0 Å². The molecule has 32 heavy (non-hydrogen) atoms. The molecule has 2 N–H and O–H groups in total. The van der Waals surface area contributed by atoms with Crippen molar-refractivity contribution in [3.63, 3.8) is 0 Å². The molecule has 8 heteroatoms. The van der Waals surface area contributed by atoms with Crippen molar-refractivity contribution in [2.24, 2.45) is 0 Å². The largest absolute Gasteiger partial charge is 0.495 e. The van der Waals surface area contributed by atoms with Crippen molar-refractivity contribution in [2.75, 3.05) is 17.1 Å². The number of methoxy groups -OCH3 is 1. The van der Waals surface area contributed by atoms with Gasteiger partial charge in [0.05, 0.1) is 28.7 Å². The second kappa shape index (κ2) is 8.47. The smallest absolute Gasteiger partial charge is 0.263 e. The molecular weight excluding hydrogens is 424 g/mol. The highest BCUT2D eigenvalue weighted by molar-refractivity contribution is 7.92. The Morgan fingerprint density at radius 2 is 1.44 bits per heavy atom. The number of ether oxygens (including phenoxy) is 1. The standard InChI is InChI=1S/C24H24N4O3S/c1-15-10-12-21(31-4)20(13-15)27-23-24(26-19-8-6-5-7-18(19)25-23)28-32(29,30)22-14-16(2)9-11-17(22)3/h5-14H,1-4H3,(H,25,27)(H,26,28). The van der Waals surface area contributed by atoms with Crippen molar-refractivity contribution in [2.45, 2.75) is 25.7 Å². The fourth-order valence-corrected chi connectivity index (χ4v) is 4.72. The normalized spacial score (nSPS) is 11.4. The number of hydrogen-bond acceptors (Lipinski definition) is 6. The van der Waals surface area contributed by atoms with Crippen LogP contribution in [0.1, 0.15) is 16.7 Å². The number of anilines is 3. The van der Waals surface area contributed by atoms with Gasteiger partial charge < -0.3 is 10.1 Å². The molecule has 0 spiro atoms. The maximum atomic E-state index is 13.3. The Bertz CT molecular complexity index is 1420. The zero-order chi connectivity index (χ0) is 22.9. The number of aryl methyl sites for hydroxylation is 3. The molecule has 0 atom stereocenters. The lowest BCUT2D eigenvalue weighted by Crippen LogP contribution is -2.17. The number of fused-ring (bicyclic) bond motifs is 1. The summed E-state index contributed by atoms with van der Waals surface area (Å²) in [5, 5.41) is 3.20. The summed E-state index contributed by atoms with van der Waals surface area (Å²) in [7, 11) is -2.32. The minimum atomic E-state index is -3.90. The number of aromatic nitrogens is 2. The third-order valence-corrected chi connectivity index (χ3v) is 6.52. The molecule has 0 bridgehead atoms. The predicted molar refractivity (Wildman–Crippen MR) is 127 cm³/mol. The lowest BCUT2D eigenvalue weighted by atomic mass is 10.2. The summed E-state index contributed by atoms with van der Waals surface area (Å²) in [5.41, 5.74) is 4.38. The van der Waals surface area contributed by atoms with Gasteiger partial charge in [-0.1, -0.05) is 30.3 Å². The summed E-state index contributed by atoms with van der Waals surface area (Å²) < 4.78 is 34.6. The Hall–Kier alpha value is -3.65. The highest BCUT2D eigenvalue weighted by Crippen LogP contribution is 2.32. The third-order valence-electron chi connectivity index (χ3n) is 5.04. The van der Waals surface area contributed by atoms with Gasteiger partial charge in [0.15, 0.2) is 11.6 Å². The summed E-state index contributed by atoms with van der Waals surface area (Å²) in [6.45, 7) is 5.57. The van der Waals surface area contributed by atoms with Crippen molar-refractivity contribution in [1.82, 2.24) is 9.97 Å². The number of hydrogen-bond donors (Lipinski definition) is 2. The summed E-state index contributed by atoms with van der Waals surface area (Å²) in [6.07, 6.45) is 0. The molecule has 0 aliphatic rings. The van der Waals surface area contributed by atoms with Crippen LogP contribution in [0.5, 0.6) is 5.75 Å².